The average Bonchev–Trinajstić information content (AvgIpc) is 2.17. The Bertz CT molecular complexity index is 352. The van der Waals surface area contributed by atoms with Crippen molar-refractivity contribution in [2.24, 2.45) is 0 Å². The zero-order valence-electron chi connectivity index (χ0n) is 7.83. The lowest BCUT2D eigenvalue weighted by atomic mass is 10.2. The normalized spacial score (nSPS) is 11.9. The summed E-state index contributed by atoms with van der Waals surface area (Å²) in [6.07, 6.45) is 3.15. The van der Waals surface area contributed by atoms with E-state index in [1.807, 2.05) is 6.92 Å². The third kappa shape index (κ3) is 2.85. The third-order valence-corrected chi connectivity index (χ3v) is 1.91. The van der Waals surface area contributed by atoms with E-state index in [4.69, 9.17) is 11.6 Å². The molecule has 0 fully saturated rings. The Labute approximate surface area is 87.8 Å². The second-order valence-electron chi connectivity index (χ2n) is 2.87. The first-order chi connectivity index (χ1) is 6.63. The minimum Gasteiger partial charge on any atom is -0.346 e. The van der Waals surface area contributed by atoms with Crippen molar-refractivity contribution in [2.45, 2.75) is 13.0 Å². The predicted molar refractivity (Wildman–Crippen MR) is 56.4 cm³/mol. The molecule has 1 amide bonds. The minimum atomic E-state index is -0.179. The van der Waals surface area contributed by atoms with Crippen molar-refractivity contribution in [1.29, 1.82) is 0 Å². The van der Waals surface area contributed by atoms with Gasteiger partial charge in [-0.25, -0.2) is 4.98 Å². The van der Waals surface area contributed by atoms with Gasteiger partial charge in [-0.2, -0.15) is 0 Å². The second kappa shape index (κ2) is 4.77. The van der Waals surface area contributed by atoms with Crippen LogP contribution in [0.5, 0.6) is 0 Å². The summed E-state index contributed by atoms with van der Waals surface area (Å²) in [5.74, 6) is -0.179. The van der Waals surface area contributed by atoms with E-state index in [2.05, 4.69) is 16.9 Å². The SMILES string of the molecule is C=CC(C)NC(=O)c1ccnc(Cl)c1. The van der Waals surface area contributed by atoms with Gasteiger partial charge in [0.1, 0.15) is 5.15 Å². The van der Waals surface area contributed by atoms with Crippen LogP contribution in [0, 0.1) is 0 Å². The number of hydrogen-bond donors (Lipinski definition) is 1. The summed E-state index contributed by atoms with van der Waals surface area (Å²) in [4.78, 5) is 15.3. The lowest BCUT2D eigenvalue weighted by Crippen LogP contribution is -2.30. The van der Waals surface area contributed by atoms with Crippen molar-refractivity contribution >= 4 is 17.5 Å². The summed E-state index contributed by atoms with van der Waals surface area (Å²) in [5, 5.41) is 3.04. The van der Waals surface area contributed by atoms with Gasteiger partial charge in [-0.15, -0.1) is 6.58 Å². The molecule has 0 aliphatic heterocycles. The van der Waals surface area contributed by atoms with Crippen LogP contribution in [0.3, 0.4) is 0 Å². The lowest BCUT2D eigenvalue weighted by molar-refractivity contribution is 0.0947. The molecule has 0 aliphatic carbocycles. The highest BCUT2D eigenvalue weighted by Crippen LogP contribution is 2.06. The summed E-state index contributed by atoms with van der Waals surface area (Å²) < 4.78 is 0. The van der Waals surface area contributed by atoms with E-state index >= 15 is 0 Å². The van der Waals surface area contributed by atoms with Crippen molar-refractivity contribution < 1.29 is 4.79 Å². The molecule has 1 rings (SSSR count). The maximum absolute atomic E-state index is 11.5. The molecule has 1 aromatic heterocycles. The number of carbonyl (C=O) groups is 1. The number of nitrogens with zero attached hydrogens (tertiary/aromatic N) is 1. The van der Waals surface area contributed by atoms with Crippen LogP contribution in [0.15, 0.2) is 31.0 Å². The number of amides is 1. The molecule has 0 bridgehead atoms. The summed E-state index contributed by atoms with van der Waals surface area (Å²) in [5.41, 5.74) is 0.499. The Kier molecular flexibility index (Phi) is 3.65. The van der Waals surface area contributed by atoms with Crippen LogP contribution in [0.2, 0.25) is 5.15 Å². The highest BCUT2D eigenvalue weighted by molar-refractivity contribution is 6.29. The number of rotatable bonds is 3. The largest absolute Gasteiger partial charge is 0.346 e. The Morgan fingerprint density at radius 3 is 3.07 bits per heavy atom. The molecule has 14 heavy (non-hydrogen) atoms. The highest BCUT2D eigenvalue weighted by atomic mass is 35.5. The Morgan fingerprint density at radius 1 is 1.79 bits per heavy atom. The topological polar surface area (TPSA) is 42.0 Å². The van der Waals surface area contributed by atoms with Crippen LogP contribution in [-0.2, 0) is 0 Å². The van der Waals surface area contributed by atoms with E-state index in [0.29, 0.717) is 10.7 Å². The molecule has 0 radical (unpaired) electrons. The van der Waals surface area contributed by atoms with Crippen molar-refractivity contribution in [3.63, 3.8) is 0 Å². The van der Waals surface area contributed by atoms with Gasteiger partial charge in [-0.3, -0.25) is 4.79 Å². The zero-order chi connectivity index (χ0) is 10.6. The summed E-state index contributed by atoms with van der Waals surface area (Å²) in [6.45, 7) is 5.41. The number of nitrogens with one attached hydrogen (secondary N) is 1. The van der Waals surface area contributed by atoms with Gasteiger partial charge < -0.3 is 5.32 Å². The average molecular weight is 211 g/mol. The first-order valence-electron chi connectivity index (χ1n) is 4.18. The second-order valence-corrected chi connectivity index (χ2v) is 3.25. The van der Waals surface area contributed by atoms with Gasteiger partial charge in [0.25, 0.3) is 5.91 Å². The van der Waals surface area contributed by atoms with Gasteiger partial charge >= 0.3 is 0 Å². The molecule has 0 saturated heterocycles. The fourth-order valence-corrected chi connectivity index (χ4v) is 1.07. The summed E-state index contributed by atoms with van der Waals surface area (Å²) >= 11 is 5.65. The maximum Gasteiger partial charge on any atom is 0.251 e. The van der Waals surface area contributed by atoms with Crippen LogP contribution in [0.25, 0.3) is 0 Å². The summed E-state index contributed by atoms with van der Waals surface area (Å²) in [7, 11) is 0. The van der Waals surface area contributed by atoms with Crippen molar-refractivity contribution in [3.05, 3.63) is 41.7 Å². The Balaban J connectivity index is 2.74. The lowest BCUT2D eigenvalue weighted by Gasteiger charge is -2.08. The predicted octanol–water partition coefficient (Wildman–Crippen LogP) is 2.04. The fourth-order valence-electron chi connectivity index (χ4n) is 0.893. The molecule has 1 atom stereocenters. The zero-order valence-corrected chi connectivity index (χ0v) is 8.58. The van der Waals surface area contributed by atoms with Crippen LogP contribution in [-0.4, -0.2) is 16.9 Å². The van der Waals surface area contributed by atoms with E-state index in [-0.39, 0.29) is 11.9 Å². The van der Waals surface area contributed by atoms with E-state index in [1.165, 1.54) is 12.3 Å². The number of halogens is 1. The molecule has 4 heteroatoms. The quantitative estimate of drug-likeness (QED) is 0.613. The monoisotopic (exact) mass is 210 g/mol. The number of pyridine rings is 1. The van der Waals surface area contributed by atoms with Crippen molar-refractivity contribution in [2.75, 3.05) is 0 Å². The van der Waals surface area contributed by atoms with Gasteiger partial charge in [-0.05, 0) is 19.1 Å². The van der Waals surface area contributed by atoms with Gasteiger partial charge in [-0.1, -0.05) is 17.7 Å². The first kappa shape index (κ1) is 10.7. The number of aromatic nitrogens is 1. The van der Waals surface area contributed by atoms with E-state index in [0.717, 1.165) is 0 Å². The van der Waals surface area contributed by atoms with E-state index < -0.39 is 0 Å². The molecular formula is C10H11ClN2O. The molecule has 0 spiro atoms. The standard InChI is InChI=1S/C10H11ClN2O/c1-3-7(2)13-10(14)8-4-5-12-9(11)6-8/h3-7H,1H2,2H3,(H,13,14). The smallest absolute Gasteiger partial charge is 0.251 e. The Morgan fingerprint density at radius 2 is 2.50 bits per heavy atom. The molecule has 74 valence electrons. The van der Waals surface area contributed by atoms with Crippen molar-refractivity contribution in [1.82, 2.24) is 10.3 Å². The van der Waals surface area contributed by atoms with Crippen molar-refractivity contribution in [3.8, 4) is 0 Å². The Hall–Kier alpha value is -1.35. The molecule has 0 saturated carbocycles. The molecular weight excluding hydrogens is 200 g/mol. The maximum atomic E-state index is 11.5. The van der Waals surface area contributed by atoms with E-state index in [9.17, 15) is 4.79 Å². The van der Waals surface area contributed by atoms with E-state index in [1.54, 1.807) is 12.1 Å². The van der Waals surface area contributed by atoms with Crippen LogP contribution in [0.1, 0.15) is 17.3 Å². The van der Waals surface area contributed by atoms with Crippen LogP contribution in [0.4, 0.5) is 0 Å². The fraction of sp³-hybridized carbons (Fsp3) is 0.200. The molecule has 1 heterocycles. The molecule has 1 unspecified atom stereocenters. The summed E-state index contributed by atoms with van der Waals surface area (Å²) in [6, 6.07) is 3.07. The first-order valence-corrected chi connectivity index (χ1v) is 4.56. The number of carbonyl (C=O) groups excluding carboxylic acids is 1. The number of hydrogen-bond acceptors (Lipinski definition) is 2. The molecule has 1 aromatic rings. The van der Waals surface area contributed by atoms with Gasteiger partial charge in [0, 0.05) is 17.8 Å². The van der Waals surface area contributed by atoms with Gasteiger partial charge in [0.15, 0.2) is 0 Å². The third-order valence-electron chi connectivity index (χ3n) is 1.70. The molecule has 0 aromatic carbocycles. The van der Waals surface area contributed by atoms with Gasteiger partial charge in [0.05, 0.1) is 0 Å². The molecule has 3 nitrogen and oxygen atoms in total. The molecule has 0 aliphatic rings. The van der Waals surface area contributed by atoms with Crippen LogP contribution < -0.4 is 5.32 Å². The van der Waals surface area contributed by atoms with Crippen LogP contribution >= 0.6 is 11.6 Å². The minimum absolute atomic E-state index is 0.0607. The van der Waals surface area contributed by atoms with Gasteiger partial charge in [0.2, 0.25) is 0 Å². The highest BCUT2D eigenvalue weighted by Gasteiger charge is 2.07. The molecule has 1 N–H and O–H groups in total.